The van der Waals surface area contributed by atoms with Crippen molar-refractivity contribution in [3.8, 4) is 0 Å². The lowest BCUT2D eigenvalue weighted by molar-refractivity contribution is 0.575. The molecule has 0 aliphatic rings. The molecule has 0 aliphatic carbocycles. The first-order valence-electron chi connectivity index (χ1n) is 5.94. The van der Waals surface area contributed by atoms with Crippen LogP contribution in [0.4, 0.5) is 5.95 Å². The molecular weight excluding hydrogens is 232 g/mol. The summed E-state index contributed by atoms with van der Waals surface area (Å²) in [6, 6.07) is 2.19. The minimum atomic E-state index is 0.462. The summed E-state index contributed by atoms with van der Waals surface area (Å²) < 4.78 is 0. The number of rotatable bonds is 6. The molecule has 0 spiro atoms. The molecule has 17 heavy (non-hydrogen) atoms. The summed E-state index contributed by atoms with van der Waals surface area (Å²) in [7, 11) is 1.83. The molecular formula is C12H18N4S. The van der Waals surface area contributed by atoms with Gasteiger partial charge in [-0.15, -0.1) is 5.10 Å². The number of anilines is 1. The van der Waals surface area contributed by atoms with E-state index in [-0.39, 0.29) is 0 Å². The lowest BCUT2D eigenvalue weighted by Crippen LogP contribution is -2.02. The molecule has 2 aromatic rings. The zero-order valence-electron chi connectivity index (χ0n) is 10.2. The summed E-state index contributed by atoms with van der Waals surface area (Å²) in [6.07, 6.45) is 3.31. The Hall–Kier alpha value is -1.36. The SMILES string of the molecule is CCC(CCc1ccsc1)c1nc(NC)n[nH]1. The lowest BCUT2D eigenvalue weighted by atomic mass is 9.98. The van der Waals surface area contributed by atoms with Gasteiger partial charge in [0.25, 0.3) is 0 Å². The van der Waals surface area contributed by atoms with Crippen molar-refractivity contribution in [2.45, 2.75) is 32.1 Å². The Morgan fingerprint density at radius 1 is 1.53 bits per heavy atom. The molecule has 2 aromatic heterocycles. The van der Waals surface area contributed by atoms with Crippen molar-refractivity contribution in [3.63, 3.8) is 0 Å². The Kier molecular flexibility index (Phi) is 4.14. The fourth-order valence-electron chi connectivity index (χ4n) is 1.88. The number of aryl methyl sites for hydroxylation is 1. The molecule has 0 saturated heterocycles. The van der Waals surface area contributed by atoms with Crippen molar-refractivity contribution in [3.05, 3.63) is 28.2 Å². The van der Waals surface area contributed by atoms with Gasteiger partial charge in [0.15, 0.2) is 0 Å². The average molecular weight is 250 g/mol. The summed E-state index contributed by atoms with van der Waals surface area (Å²) in [4.78, 5) is 4.42. The summed E-state index contributed by atoms with van der Waals surface area (Å²) in [5, 5.41) is 14.4. The third-order valence-corrected chi connectivity index (χ3v) is 3.70. The Morgan fingerprint density at radius 2 is 2.41 bits per heavy atom. The van der Waals surface area contributed by atoms with E-state index in [1.807, 2.05) is 7.05 Å². The van der Waals surface area contributed by atoms with Crippen LogP contribution in [0.5, 0.6) is 0 Å². The highest BCUT2D eigenvalue weighted by atomic mass is 32.1. The van der Waals surface area contributed by atoms with E-state index in [9.17, 15) is 0 Å². The van der Waals surface area contributed by atoms with Crippen LogP contribution in [0, 0.1) is 0 Å². The normalized spacial score (nSPS) is 12.6. The number of nitrogens with one attached hydrogen (secondary N) is 2. The highest BCUT2D eigenvalue weighted by molar-refractivity contribution is 7.07. The molecule has 1 atom stereocenters. The van der Waals surface area contributed by atoms with Gasteiger partial charge in [0.2, 0.25) is 5.95 Å². The molecule has 2 N–H and O–H groups in total. The second-order valence-corrected chi connectivity index (χ2v) is 4.85. The lowest BCUT2D eigenvalue weighted by Gasteiger charge is -2.10. The van der Waals surface area contributed by atoms with Crippen LogP contribution in [0.25, 0.3) is 0 Å². The average Bonchev–Trinajstić information content (AvgIpc) is 3.00. The first-order chi connectivity index (χ1) is 8.33. The molecule has 2 rings (SSSR count). The Bertz CT molecular complexity index is 435. The van der Waals surface area contributed by atoms with E-state index in [0.717, 1.165) is 25.1 Å². The maximum atomic E-state index is 4.42. The molecule has 0 radical (unpaired) electrons. The van der Waals surface area contributed by atoms with Crippen molar-refractivity contribution >= 4 is 17.3 Å². The number of hydrogen-bond acceptors (Lipinski definition) is 4. The molecule has 0 aromatic carbocycles. The molecule has 4 nitrogen and oxygen atoms in total. The quantitative estimate of drug-likeness (QED) is 0.828. The number of H-pyrrole nitrogens is 1. The first-order valence-corrected chi connectivity index (χ1v) is 6.89. The fraction of sp³-hybridized carbons (Fsp3) is 0.500. The van der Waals surface area contributed by atoms with Gasteiger partial charge in [-0.2, -0.15) is 16.3 Å². The Morgan fingerprint density at radius 3 is 3.00 bits per heavy atom. The Balaban J connectivity index is 1.96. The first kappa shape index (κ1) is 12.1. The van der Waals surface area contributed by atoms with Gasteiger partial charge in [0.1, 0.15) is 5.82 Å². The van der Waals surface area contributed by atoms with E-state index in [0.29, 0.717) is 11.9 Å². The van der Waals surface area contributed by atoms with Crippen molar-refractivity contribution in [2.24, 2.45) is 0 Å². The molecule has 0 saturated carbocycles. The predicted octanol–water partition coefficient (Wildman–Crippen LogP) is 3.03. The second-order valence-electron chi connectivity index (χ2n) is 4.07. The summed E-state index contributed by atoms with van der Waals surface area (Å²) in [5.74, 6) is 2.13. The maximum Gasteiger partial charge on any atom is 0.241 e. The molecule has 92 valence electrons. The van der Waals surface area contributed by atoms with Crippen LogP contribution in [0.3, 0.4) is 0 Å². The number of nitrogens with zero attached hydrogens (tertiary/aromatic N) is 2. The monoisotopic (exact) mass is 250 g/mol. The zero-order chi connectivity index (χ0) is 12.1. The van der Waals surface area contributed by atoms with Crippen molar-refractivity contribution < 1.29 is 0 Å². The van der Waals surface area contributed by atoms with Gasteiger partial charge in [-0.05, 0) is 41.7 Å². The number of hydrogen-bond donors (Lipinski definition) is 2. The van der Waals surface area contributed by atoms with E-state index >= 15 is 0 Å². The van der Waals surface area contributed by atoms with Gasteiger partial charge >= 0.3 is 0 Å². The number of thiophene rings is 1. The van der Waals surface area contributed by atoms with E-state index in [2.05, 4.69) is 44.2 Å². The van der Waals surface area contributed by atoms with Gasteiger partial charge in [-0.3, -0.25) is 5.10 Å². The fourth-order valence-corrected chi connectivity index (χ4v) is 2.58. The number of aromatic nitrogens is 3. The van der Waals surface area contributed by atoms with E-state index in [1.54, 1.807) is 11.3 Å². The van der Waals surface area contributed by atoms with E-state index in [4.69, 9.17) is 0 Å². The summed E-state index contributed by atoms with van der Waals surface area (Å²) in [6.45, 7) is 2.19. The topological polar surface area (TPSA) is 53.6 Å². The van der Waals surface area contributed by atoms with Gasteiger partial charge in [-0.1, -0.05) is 6.92 Å². The van der Waals surface area contributed by atoms with E-state index < -0.39 is 0 Å². The second kappa shape index (κ2) is 5.82. The van der Waals surface area contributed by atoms with Crippen molar-refractivity contribution in [1.82, 2.24) is 15.2 Å². The van der Waals surface area contributed by atoms with Crippen LogP contribution in [-0.2, 0) is 6.42 Å². The zero-order valence-corrected chi connectivity index (χ0v) is 11.0. The van der Waals surface area contributed by atoms with Crippen molar-refractivity contribution in [1.29, 1.82) is 0 Å². The van der Waals surface area contributed by atoms with Crippen molar-refractivity contribution in [2.75, 3.05) is 12.4 Å². The van der Waals surface area contributed by atoms with Crippen LogP contribution in [0.2, 0.25) is 0 Å². The van der Waals surface area contributed by atoms with Gasteiger partial charge in [-0.25, -0.2) is 0 Å². The molecule has 0 fully saturated rings. The predicted molar refractivity (Wildman–Crippen MR) is 71.6 cm³/mol. The summed E-state index contributed by atoms with van der Waals surface area (Å²) in [5.41, 5.74) is 1.42. The standard InChI is InChI=1S/C12H18N4S/c1-3-10(5-4-9-6-7-17-8-9)11-14-12(13-2)16-15-11/h6-8,10H,3-5H2,1-2H3,(H2,13,14,15,16). The molecule has 0 bridgehead atoms. The van der Waals surface area contributed by atoms with Crippen LogP contribution < -0.4 is 5.32 Å². The third-order valence-electron chi connectivity index (χ3n) is 2.97. The smallest absolute Gasteiger partial charge is 0.241 e. The van der Waals surface area contributed by atoms with Gasteiger partial charge in [0.05, 0.1) is 0 Å². The largest absolute Gasteiger partial charge is 0.356 e. The summed E-state index contributed by atoms with van der Waals surface area (Å²) >= 11 is 1.76. The number of aromatic amines is 1. The minimum absolute atomic E-state index is 0.462. The van der Waals surface area contributed by atoms with Gasteiger partial charge < -0.3 is 5.32 Å². The maximum absolute atomic E-state index is 4.42. The molecule has 5 heteroatoms. The molecule has 1 unspecified atom stereocenters. The van der Waals surface area contributed by atoms with Crippen LogP contribution in [0.15, 0.2) is 16.8 Å². The third kappa shape index (κ3) is 3.06. The molecule has 0 amide bonds. The van der Waals surface area contributed by atoms with Gasteiger partial charge in [0, 0.05) is 13.0 Å². The van der Waals surface area contributed by atoms with Crippen LogP contribution in [-0.4, -0.2) is 22.2 Å². The Labute approximate surface area is 105 Å². The molecule has 0 aliphatic heterocycles. The minimum Gasteiger partial charge on any atom is -0.356 e. The molecule has 2 heterocycles. The highest BCUT2D eigenvalue weighted by Gasteiger charge is 2.14. The highest BCUT2D eigenvalue weighted by Crippen LogP contribution is 2.23. The van der Waals surface area contributed by atoms with E-state index in [1.165, 1.54) is 5.56 Å². The van der Waals surface area contributed by atoms with Crippen LogP contribution >= 0.6 is 11.3 Å². The van der Waals surface area contributed by atoms with Crippen LogP contribution in [0.1, 0.15) is 37.1 Å².